The van der Waals surface area contributed by atoms with Gasteiger partial charge < -0.3 is 0 Å². The van der Waals surface area contributed by atoms with Crippen molar-refractivity contribution in [2.75, 3.05) is 0 Å². The molecule has 0 heterocycles. The highest BCUT2D eigenvalue weighted by atomic mass is 35.5. The summed E-state index contributed by atoms with van der Waals surface area (Å²) in [6, 6.07) is 9.78. The molecule has 1 amide bonds. The molecule has 0 aromatic heterocycles. The summed E-state index contributed by atoms with van der Waals surface area (Å²) in [5, 5.41) is -0.327. The number of hydrogen-bond acceptors (Lipinski definition) is 3. The van der Waals surface area contributed by atoms with Gasteiger partial charge in [-0.25, -0.2) is 12.8 Å². The second-order valence-electron chi connectivity index (χ2n) is 6.46. The first-order valence-corrected chi connectivity index (χ1v) is 9.24. The number of carbonyl (C=O) groups excluding carboxylic acids is 1. The number of halogens is 2. The molecule has 0 fully saturated rings. The molecule has 0 bridgehead atoms. The Bertz CT molecular complexity index is 891. The van der Waals surface area contributed by atoms with Crippen LogP contribution in [0.2, 0.25) is 5.02 Å². The van der Waals surface area contributed by atoms with Crippen LogP contribution in [0.5, 0.6) is 0 Å². The molecule has 0 aliphatic rings. The minimum atomic E-state index is -4.07. The summed E-state index contributed by atoms with van der Waals surface area (Å²) < 4.78 is 37.3. The Kier molecular flexibility index (Phi) is 5.51. The zero-order chi connectivity index (χ0) is 18.8. The van der Waals surface area contributed by atoms with Crippen LogP contribution in [0.15, 0.2) is 47.4 Å². The van der Waals surface area contributed by atoms with Crippen molar-refractivity contribution in [1.82, 2.24) is 10.3 Å². The fourth-order valence-electron chi connectivity index (χ4n) is 2.01. The summed E-state index contributed by atoms with van der Waals surface area (Å²) in [4.78, 5) is 13.8. The van der Waals surface area contributed by atoms with Crippen LogP contribution in [0.25, 0.3) is 0 Å². The van der Waals surface area contributed by atoms with Gasteiger partial charge in [-0.05, 0) is 41.3 Å². The van der Waals surface area contributed by atoms with Gasteiger partial charge in [0.2, 0.25) is 0 Å². The van der Waals surface area contributed by atoms with Gasteiger partial charge in [0.15, 0.2) is 0 Å². The van der Waals surface area contributed by atoms with Crippen LogP contribution >= 0.6 is 11.6 Å². The summed E-state index contributed by atoms with van der Waals surface area (Å²) in [7, 11) is -4.07. The number of hydrogen-bond donors (Lipinski definition) is 2. The lowest BCUT2D eigenvalue weighted by Gasteiger charge is -2.19. The van der Waals surface area contributed by atoms with E-state index in [1.54, 1.807) is 12.1 Å². The van der Waals surface area contributed by atoms with Crippen LogP contribution in [0.1, 0.15) is 36.7 Å². The zero-order valence-electron chi connectivity index (χ0n) is 13.9. The van der Waals surface area contributed by atoms with Crippen molar-refractivity contribution < 1.29 is 17.6 Å². The number of sulfonamides is 1. The molecule has 0 radical (unpaired) electrons. The lowest BCUT2D eigenvalue weighted by Crippen LogP contribution is -2.41. The largest absolute Gasteiger partial charge is 0.273 e. The van der Waals surface area contributed by atoms with Crippen LogP contribution < -0.4 is 10.3 Å². The van der Waals surface area contributed by atoms with Crippen molar-refractivity contribution >= 4 is 27.5 Å². The molecule has 0 saturated carbocycles. The maximum atomic E-state index is 13.1. The van der Waals surface area contributed by atoms with E-state index >= 15 is 0 Å². The molecule has 0 spiro atoms. The first kappa shape index (κ1) is 19.4. The average molecular weight is 385 g/mol. The lowest BCUT2D eigenvalue weighted by atomic mass is 9.87. The molecule has 2 aromatic carbocycles. The van der Waals surface area contributed by atoms with E-state index in [1.807, 2.05) is 37.7 Å². The topological polar surface area (TPSA) is 75.3 Å². The highest BCUT2D eigenvalue weighted by Gasteiger charge is 2.18. The number of amides is 1. The van der Waals surface area contributed by atoms with E-state index in [0.717, 1.165) is 23.8 Å². The summed E-state index contributed by atoms with van der Waals surface area (Å²) in [6.07, 6.45) is 0. The molecule has 0 aliphatic carbocycles. The van der Waals surface area contributed by atoms with Gasteiger partial charge in [0, 0.05) is 5.56 Å². The predicted octanol–water partition coefficient (Wildman–Crippen LogP) is 3.40. The summed E-state index contributed by atoms with van der Waals surface area (Å²) in [5.74, 6) is -1.35. The van der Waals surface area contributed by atoms with Gasteiger partial charge in [0.1, 0.15) is 5.82 Å². The van der Waals surface area contributed by atoms with E-state index in [1.165, 1.54) is 0 Å². The van der Waals surface area contributed by atoms with Gasteiger partial charge in [-0.2, -0.15) is 0 Å². The van der Waals surface area contributed by atoms with E-state index in [0.29, 0.717) is 5.56 Å². The third-order valence-corrected chi connectivity index (χ3v) is 5.05. The van der Waals surface area contributed by atoms with E-state index in [-0.39, 0.29) is 15.3 Å². The van der Waals surface area contributed by atoms with Crippen LogP contribution in [-0.4, -0.2) is 14.3 Å². The number of nitrogens with one attached hydrogen (secondary N) is 2. The molecule has 134 valence electrons. The smallest absolute Gasteiger partial charge is 0.266 e. The number of hydrazine groups is 1. The van der Waals surface area contributed by atoms with Crippen LogP contribution in [0.3, 0.4) is 0 Å². The van der Waals surface area contributed by atoms with Crippen molar-refractivity contribution in [2.45, 2.75) is 31.1 Å². The molecule has 2 aromatic rings. The van der Waals surface area contributed by atoms with E-state index in [4.69, 9.17) is 11.6 Å². The number of carbonyl (C=O) groups is 1. The van der Waals surface area contributed by atoms with Crippen molar-refractivity contribution in [1.29, 1.82) is 0 Å². The lowest BCUT2D eigenvalue weighted by molar-refractivity contribution is 0.0945. The predicted molar refractivity (Wildman–Crippen MR) is 94.3 cm³/mol. The normalized spacial score (nSPS) is 12.0. The quantitative estimate of drug-likeness (QED) is 0.793. The molecule has 2 rings (SSSR count). The third-order valence-electron chi connectivity index (χ3n) is 3.51. The van der Waals surface area contributed by atoms with Gasteiger partial charge in [-0.1, -0.05) is 44.5 Å². The van der Waals surface area contributed by atoms with Crippen LogP contribution in [0.4, 0.5) is 4.39 Å². The molecule has 0 unspecified atom stereocenters. The first-order valence-electron chi connectivity index (χ1n) is 7.38. The fraction of sp³-hybridized carbons (Fsp3) is 0.235. The molecule has 8 heteroatoms. The van der Waals surface area contributed by atoms with Gasteiger partial charge in [-0.15, -0.1) is 4.83 Å². The molecular weight excluding hydrogens is 367 g/mol. The molecule has 0 aliphatic heterocycles. The third kappa shape index (κ3) is 4.78. The standard InChI is InChI=1S/C17H18ClFN2O3S/c1-17(2,3)12-6-4-11(5-7-12)16(22)20-21-25(23,24)13-8-9-15(19)14(18)10-13/h4-10,21H,1-3H3,(H,20,22). The second kappa shape index (κ2) is 7.11. The monoisotopic (exact) mass is 384 g/mol. The summed E-state index contributed by atoms with van der Waals surface area (Å²) in [5.41, 5.74) is 3.40. The highest BCUT2D eigenvalue weighted by molar-refractivity contribution is 7.89. The van der Waals surface area contributed by atoms with Crippen molar-refractivity contribution in [3.63, 3.8) is 0 Å². The number of rotatable bonds is 4. The molecule has 2 N–H and O–H groups in total. The summed E-state index contributed by atoms with van der Waals surface area (Å²) >= 11 is 5.58. The molecule has 5 nitrogen and oxygen atoms in total. The van der Waals surface area contributed by atoms with Crippen molar-refractivity contribution in [3.05, 3.63) is 64.4 Å². The van der Waals surface area contributed by atoms with Gasteiger partial charge in [0.25, 0.3) is 15.9 Å². The van der Waals surface area contributed by atoms with Gasteiger partial charge in [-0.3, -0.25) is 10.2 Å². The second-order valence-corrected chi connectivity index (χ2v) is 8.55. The maximum absolute atomic E-state index is 13.1. The van der Waals surface area contributed by atoms with Crippen LogP contribution in [0, 0.1) is 5.82 Å². The van der Waals surface area contributed by atoms with Crippen molar-refractivity contribution in [2.24, 2.45) is 0 Å². The average Bonchev–Trinajstić information content (AvgIpc) is 2.54. The SMILES string of the molecule is CC(C)(C)c1ccc(C(=O)NNS(=O)(=O)c2ccc(F)c(Cl)c2)cc1. The van der Waals surface area contributed by atoms with Gasteiger partial charge in [0.05, 0.1) is 9.92 Å². The maximum Gasteiger partial charge on any atom is 0.266 e. The van der Waals surface area contributed by atoms with E-state index in [2.05, 4.69) is 5.43 Å². The Balaban J connectivity index is 2.09. The molecular formula is C17H18ClFN2O3S. The van der Waals surface area contributed by atoms with Crippen molar-refractivity contribution in [3.8, 4) is 0 Å². The minimum absolute atomic E-state index is 0.0571. The first-order chi connectivity index (χ1) is 11.5. The zero-order valence-corrected chi connectivity index (χ0v) is 15.5. The minimum Gasteiger partial charge on any atom is -0.273 e. The Labute approximate surface area is 151 Å². The highest BCUT2D eigenvalue weighted by Crippen LogP contribution is 2.22. The van der Waals surface area contributed by atoms with E-state index in [9.17, 15) is 17.6 Å². The Hall–Kier alpha value is -1.96. The van der Waals surface area contributed by atoms with Crippen LogP contribution in [-0.2, 0) is 15.4 Å². The summed E-state index contributed by atoms with van der Waals surface area (Å²) in [6.45, 7) is 6.14. The molecule has 0 atom stereocenters. The molecule has 25 heavy (non-hydrogen) atoms. The molecule has 0 saturated heterocycles. The Morgan fingerprint density at radius 2 is 1.68 bits per heavy atom. The van der Waals surface area contributed by atoms with Gasteiger partial charge >= 0.3 is 0 Å². The fourth-order valence-corrected chi connectivity index (χ4v) is 3.12. The van der Waals surface area contributed by atoms with E-state index < -0.39 is 21.7 Å². The Morgan fingerprint density at radius 3 is 2.20 bits per heavy atom. The number of benzene rings is 2. The Morgan fingerprint density at radius 1 is 1.08 bits per heavy atom.